The number of hydrogen-bond donors (Lipinski definition) is 14. The first-order valence-electron chi connectivity index (χ1n) is 38.9. The van der Waals surface area contributed by atoms with Gasteiger partial charge in [0.05, 0.1) is 50.7 Å². The van der Waals surface area contributed by atoms with E-state index in [1.54, 1.807) is 6.08 Å². The van der Waals surface area contributed by atoms with Gasteiger partial charge < -0.3 is 100 Å². The van der Waals surface area contributed by atoms with Gasteiger partial charge in [-0.3, -0.25) is 9.59 Å². The molecule has 2 amide bonds. The average Bonchev–Trinajstić information content (AvgIpc) is 0.757. The van der Waals surface area contributed by atoms with Gasteiger partial charge in [0.25, 0.3) is 5.79 Å². The van der Waals surface area contributed by atoms with Crippen LogP contribution in [0.4, 0.5) is 0 Å². The fraction of sp³-hybridized carbons (Fsp3) is 0.882. The van der Waals surface area contributed by atoms with Crippen molar-refractivity contribution < 1.29 is 104 Å². The predicted octanol–water partition coefficient (Wildman–Crippen LogP) is 9.35. The number of rotatable bonds is 60. The third-order valence-corrected chi connectivity index (χ3v) is 19.6. The fourth-order valence-electron chi connectivity index (χ4n) is 13.4. The molecule has 3 aliphatic heterocycles. The highest BCUT2D eigenvalue weighted by Gasteiger charge is 2.60. The maximum absolute atomic E-state index is 13.5. The molecule has 0 aromatic heterocycles. The van der Waals surface area contributed by atoms with Crippen molar-refractivity contribution in [2.24, 2.45) is 0 Å². The minimum atomic E-state index is -3.08. The molecule has 0 radical (unpaired) electrons. The molecule has 18 unspecified atom stereocenters. The Morgan fingerprint density at radius 2 is 0.980 bits per heavy atom. The molecule has 3 saturated heterocycles. The molecule has 3 heterocycles. The maximum Gasteiger partial charge on any atom is 0.364 e. The maximum atomic E-state index is 13.5. The number of carboxylic acid groups (broad SMARTS) is 1. The van der Waals surface area contributed by atoms with Gasteiger partial charge in [0.2, 0.25) is 11.8 Å². The number of unbranched alkanes of at least 4 members (excludes halogenated alkanes) is 36. The van der Waals surface area contributed by atoms with E-state index in [1.165, 1.54) is 186 Å². The first kappa shape index (κ1) is 90.2. The minimum absolute atomic E-state index is 0.195. The number of carbonyl (C=O) groups excluding carboxylic acids is 2. The van der Waals surface area contributed by atoms with Crippen LogP contribution < -0.4 is 10.6 Å². The van der Waals surface area contributed by atoms with Crippen molar-refractivity contribution in [2.75, 3.05) is 26.4 Å². The van der Waals surface area contributed by atoms with Crippen molar-refractivity contribution in [3.8, 4) is 0 Å². The van der Waals surface area contributed by atoms with Crippen molar-refractivity contribution in [1.29, 1.82) is 0 Å². The number of aliphatic hydroxyl groups excluding tert-OH is 11. The molecule has 578 valence electrons. The summed E-state index contributed by atoms with van der Waals surface area (Å²) in [7, 11) is 0. The number of nitrogens with one attached hydrogen (secondary N) is 2. The summed E-state index contributed by atoms with van der Waals surface area (Å²) in [6.45, 7) is 2.16. The van der Waals surface area contributed by atoms with Crippen LogP contribution in [0.3, 0.4) is 0 Å². The molecule has 3 aliphatic rings. The monoisotopic (exact) mass is 1410 g/mol. The summed E-state index contributed by atoms with van der Waals surface area (Å²) >= 11 is 0. The molecule has 0 aromatic carbocycles. The summed E-state index contributed by atoms with van der Waals surface area (Å²) in [5.41, 5.74) is 0. The van der Waals surface area contributed by atoms with Gasteiger partial charge in [-0.05, 0) is 51.4 Å². The first-order chi connectivity index (χ1) is 47.9. The quantitative estimate of drug-likeness (QED) is 0.0199. The van der Waals surface area contributed by atoms with Crippen molar-refractivity contribution >= 4 is 17.8 Å². The Morgan fingerprint density at radius 3 is 1.42 bits per heavy atom. The standard InChI is InChI=1S/C76H138N2O21/c1-4-6-8-10-12-14-16-18-20-22-24-26-27-28-29-30-32-34-36-38-40-42-44-46-48-50-63(86)78-57(58(83)49-47-45-43-41-39-37-35-33-31-25-23-21-19-17-15-13-11-9-7-5-2)55-94-73-68(90)67(89)70(62(54-81)96-73)97-74-69(91)72(66(88)61(53-80)95-74)99-76(75(92)93)51-59(84)64(77-56(3)82)71(98-76)65(87)60(85)52-79/h24,26,28-29,47,49,57-62,64-74,79-81,83-85,87-91H,4-23,25,27,30-46,48,50-55H2,1-3H3,(H,77,82)(H,78,86)(H,92,93)/b26-24-,29-28-,49-47+. The second kappa shape index (κ2) is 55.4. The lowest BCUT2D eigenvalue weighted by Crippen LogP contribution is -2.70. The lowest BCUT2D eigenvalue weighted by molar-refractivity contribution is -0.386. The van der Waals surface area contributed by atoms with Crippen LogP contribution in [0.2, 0.25) is 0 Å². The number of carboxylic acids is 1. The lowest BCUT2D eigenvalue weighted by atomic mass is 9.88. The van der Waals surface area contributed by atoms with Crippen molar-refractivity contribution in [1.82, 2.24) is 10.6 Å². The first-order valence-corrected chi connectivity index (χ1v) is 38.9. The van der Waals surface area contributed by atoms with E-state index in [-0.39, 0.29) is 12.3 Å². The van der Waals surface area contributed by atoms with Crippen molar-refractivity contribution in [3.63, 3.8) is 0 Å². The highest BCUT2D eigenvalue weighted by molar-refractivity contribution is 5.77. The number of aliphatic hydroxyl groups is 11. The van der Waals surface area contributed by atoms with Gasteiger partial charge >= 0.3 is 5.97 Å². The fourth-order valence-corrected chi connectivity index (χ4v) is 13.4. The number of carbonyl (C=O) groups is 3. The van der Waals surface area contributed by atoms with E-state index < -0.39 is 155 Å². The third-order valence-electron chi connectivity index (χ3n) is 19.6. The molecule has 18 atom stereocenters. The summed E-state index contributed by atoms with van der Waals surface area (Å²) in [5, 5.41) is 136. The van der Waals surface area contributed by atoms with Gasteiger partial charge in [-0.1, -0.05) is 256 Å². The smallest absolute Gasteiger partial charge is 0.364 e. The predicted molar refractivity (Wildman–Crippen MR) is 380 cm³/mol. The van der Waals surface area contributed by atoms with Crippen LogP contribution in [0, 0.1) is 0 Å². The topological polar surface area (TPSA) is 373 Å². The van der Waals surface area contributed by atoms with Crippen molar-refractivity contribution in [3.05, 3.63) is 36.5 Å². The number of aliphatic carboxylic acids is 1. The second-order valence-corrected chi connectivity index (χ2v) is 28.2. The lowest BCUT2D eigenvalue weighted by Gasteiger charge is -2.50. The number of allylic oxidation sites excluding steroid dienone is 5. The Bertz CT molecular complexity index is 2130. The highest BCUT2D eigenvalue weighted by Crippen LogP contribution is 2.39. The van der Waals surface area contributed by atoms with E-state index in [1.807, 2.05) is 6.08 Å². The van der Waals surface area contributed by atoms with E-state index in [0.29, 0.717) is 12.8 Å². The Hall–Kier alpha value is -3.05. The van der Waals surface area contributed by atoms with E-state index in [4.69, 9.17) is 28.4 Å². The Labute approximate surface area is 593 Å². The van der Waals surface area contributed by atoms with E-state index in [2.05, 4.69) is 48.8 Å². The minimum Gasteiger partial charge on any atom is -0.477 e. The van der Waals surface area contributed by atoms with Gasteiger partial charge in [0.1, 0.15) is 67.1 Å². The zero-order valence-corrected chi connectivity index (χ0v) is 60.8. The van der Waals surface area contributed by atoms with Crippen LogP contribution in [-0.2, 0) is 42.8 Å². The molecule has 23 heteroatoms. The molecule has 0 spiro atoms. The Kier molecular flexibility index (Phi) is 50.5. The van der Waals surface area contributed by atoms with Crippen LogP contribution in [0.25, 0.3) is 0 Å². The van der Waals surface area contributed by atoms with Crippen LogP contribution in [-0.4, -0.2) is 215 Å². The summed E-state index contributed by atoms with van der Waals surface area (Å²) in [6, 6.07) is -2.62. The van der Waals surface area contributed by atoms with Gasteiger partial charge in [0.15, 0.2) is 12.6 Å². The van der Waals surface area contributed by atoms with E-state index >= 15 is 0 Å². The average molecular weight is 1420 g/mol. The van der Waals surface area contributed by atoms with Crippen LogP contribution >= 0.6 is 0 Å². The molecule has 3 rings (SSSR count). The third kappa shape index (κ3) is 36.5. The molecular weight excluding hydrogens is 1280 g/mol. The molecule has 3 fully saturated rings. The summed E-state index contributed by atoms with van der Waals surface area (Å²) in [5.74, 6) is -6.15. The normalized spacial score (nSPS) is 27.3. The highest BCUT2D eigenvalue weighted by atomic mass is 16.8. The van der Waals surface area contributed by atoms with Crippen LogP contribution in [0.1, 0.15) is 290 Å². The molecule has 23 nitrogen and oxygen atoms in total. The summed E-state index contributed by atoms with van der Waals surface area (Å²) in [6.07, 6.45) is 31.7. The van der Waals surface area contributed by atoms with Gasteiger partial charge in [-0.25, -0.2) is 4.79 Å². The number of ether oxygens (including phenoxy) is 6. The molecule has 0 saturated carbocycles. The van der Waals surface area contributed by atoms with Gasteiger partial charge in [-0.2, -0.15) is 0 Å². The van der Waals surface area contributed by atoms with E-state index in [0.717, 1.165) is 64.7 Å². The SMILES string of the molecule is CCCCCCCCCCC/C=C\C/C=C\CCCCCCCCCCCC(=O)NC(COC1OC(CO)C(OC2OC(CO)C(O)C(OC3(C(=O)O)CC(O)C(NC(C)=O)C(C(O)C(O)CO)O3)C2O)C(O)C1O)C(O)/C=C/CCCCCCCCCCCCCCCCCCCC. The summed E-state index contributed by atoms with van der Waals surface area (Å²) < 4.78 is 34.9. The molecule has 99 heavy (non-hydrogen) atoms. The molecular formula is C76H138N2O21. The molecule has 0 aliphatic carbocycles. The largest absolute Gasteiger partial charge is 0.477 e. The van der Waals surface area contributed by atoms with Gasteiger partial charge in [-0.15, -0.1) is 0 Å². The molecule has 0 aromatic rings. The number of amides is 2. The molecule has 0 bridgehead atoms. The Morgan fingerprint density at radius 1 is 0.535 bits per heavy atom. The Balaban J connectivity index is 1.55. The van der Waals surface area contributed by atoms with Gasteiger partial charge in [0, 0.05) is 19.8 Å². The second-order valence-electron chi connectivity index (χ2n) is 28.2. The van der Waals surface area contributed by atoms with E-state index in [9.17, 15) is 75.7 Å². The van der Waals surface area contributed by atoms with Crippen molar-refractivity contribution in [2.45, 2.75) is 400 Å². The number of hydrogen-bond acceptors (Lipinski definition) is 20. The molecule has 14 N–H and O–H groups in total. The van der Waals surface area contributed by atoms with Crippen LogP contribution in [0.15, 0.2) is 36.5 Å². The zero-order chi connectivity index (χ0) is 72.5. The summed E-state index contributed by atoms with van der Waals surface area (Å²) in [4.78, 5) is 38.7. The van der Waals surface area contributed by atoms with Crippen LogP contribution in [0.5, 0.6) is 0 Å². The zero-order valence-electron chi connectivity index (χ0n) is 60.8.